The second-order valence-electron chi connectivity index (χ2n) is 6.79. The molecule has 0 aliphatic heterocycles. The molecular formula is C20H20FNO6S. The summed E-state index contributed by atoms with van der Waals surface area (Å²) < 4.78 is 50.2. The minimum absolute atomic E-state index is 0.0437. The lowest BCUT2D eigenvalue weighted by Gasteiger charge is -2.27. The average Bonchev–Trinajstić information content (AvgIpc) is 2.98. The lowest BCUT2D eigenvalue weighted by Crippen LogP contribution is -2.36. The summed E-state index contributed by atoms with van der Waals surface area (Å²) in [4.78, 5) is 11.9. The summed E-state index contributed by atoms with van der Waals surface area (Å²) in [5, 5.41) is 9.99. The highest BCUT2D eigenvalue weighted by Gasteiger charge is 2.28. The van der Waals surface area contributed by atoms with Gasteiger partial charge in [-0.15, -0.1) is 0 Å². The van der Waals surface area contributed by atoms with Gasteiger partial charge in [0, 0.05) is 23.1 Å². The predicted octanol–water partition coefficient (Wildman–Crippen LogP) is 4.12. The monoisotopic (exact) mass is 421 g/mol. The number of anilines is 1. The SMILES string of the molecule is COc1cc2c(C(=O)O)c(-c3ccc(F)cc3)oc2cc1N(C(C)C)S(C)(=O)=O. The van der Waals surface area contributed by atoms with Gasteiger partial charge in [-0.25, -0.2) is 17.6 Å². The fourth-order valence-corrected chi connectivity index (χ4v) is 4.57. The van der Waals surface area contributed by atoms with Crippen molar-refractivity contribution in [3.05, 3.63) is 47.8 Å². The van der Waals surface area contributed by atoms with Gasteiger partial charge in [-0.3, -0.25) is 4.31 Å². The van der Waals surface area contributed by atoms with Crippen LogP contribution in [0.25, 0.3) is 22.3 Å². The number of furan rings is 1. The molecule has 0 radical (unpaired) electrons. The number of halogens is 1. The normalized spacial score (nSPS) is 11.8. The van der Waals surface area contributed by atoms with Gasteiger partial charge in [0.05, 0.1) is 19.1 Å². The first-order valence-corrected chi connectivity index (χ1v) is 10.5. The van der Waals surface area contributed by atoms with E-state index in [4.69, 9.17) is 9.15 Å². The molecule has 7 nitrogen and oxygen atoms in total. The van der Waals surface area contributed by atoms with Gasteiger partial charge in [-0.05, 0) is 44.2 Å². The fraction of sp³-hybridized carbons (Fsp3) is 0.250. The molecule has 0 atom stereocenters. The molecular weight excluding hydrogens is 401 g/mol. The number of ether oxygens (including phenoxy) is 1. The number of hydrogen-bond acceptors (Lipinski definition) is 5. The third-order valence-electron chi connectivity index (χ3n) is 4.37. The zero-order valence-corrected chi connectivity index (χ0v) is 17.1. The van der Waals surface area contributed by atoms with Crippen LogP contribution in [0, 0.1) is 5.82 Å². The number of methoxy groups -OCH3 is 1. The number of benzene rings is 2. The van der Waals surface area contributed by atoms with Crippen molar-refractivity contribution in [2.24, 2.45) is 0 Å². The molecule has 3 aromatic rings. The summed E-state index contributed by atoms with van der Waals surface area (Å²) in [6.45, 7) is 3.42. The Morgan fingerprint density at radius 2 is 1.83 bits per heavy atom. The third kappa shape index (κ3) is 3.77. The zero-order chi connectivity index (χ0) is 21.5. The first-order chi connectivity index (χ1) is 13.5. The molecule has 3 rings (SSSR count). The molecule has 0 bridgehead atoms. The lowest BCUT2D eigenvalue weighted by molar-refractivity contribution is 0.0699. The Morgan fingerprint density at radius 3 is 2.31 bits per heavy atom. The van der Waals surface area contributed by atoms with Gasteiger partial charge >= 0.3 is 5.97 Å². The van der Waals surface area contributed by atoms with Crippen LogP contribution in [-0.4, -0.2) is 38.9 Å². The molecule has 154 valence electrons. The smallest absolute Gasteiger partial charge is 0.340 e. The first-order valence-electron chi connectivity index (χ1n) is 8.67. The Morgan fingerprint density at radius 1 is 1.21 bits per heavy atom. The average molecular weight is 421 g/mol. The molecule has 2 aromatic carbocycles. The van der Waals surface area contributed by atoms with E-state index >= 15 is 0 Å². The number of fused-ring (bicyclic) bond motifs is 1. The number of rotatable bonds is 6. The van der Waals surface area contributed by atoms with Crippen molar-refractivity contribution in [1.82, 2.24) is 0 Å². The highest BCUT2D eigenvalue weighted by Crippen LogP contribution is 2.41. The molecule has 0 saturated carbocycles. The van der Waals surface area contributed by atoms with Crippen LogP contribution in [0.15, 0.2) is 40.8 Å². The second-order valence-corrected chi connectivity index (χ2v) is 8.65. The minimum atomic E-state index is -3.64. The van der Waals surface area contributed by atoms with Crippen molar-refractivity contribution in [2.45, 2.75) is 19.9 Å². The largest absolute Gasteiger partial charge is 0.495 e. The topological polar surface area (TPSA) is 97.1 Å². The first kappa shape index (κ1) is 20.7. The number of aromatic carboxylic acids is 1. The number of sulfonamides is 1. The van der Waals surface area contributed by atoms with E-state index in [1.54, 1.807) is 13.8 Å². The molecule has 9 heteroatoms. The van der Waals surface area contributed by atoms with Crippen LogP contribution < -0.4 is 9.04 Å². The van der Waals surface area contributed by atoms with Crippen LogP contribution in [0.1, 0.15) is 24.2 Å². The van der Waals surface area contributed by atoms with E-state index in [9.17, 15) is 22.7 Å². The maximum absolute atomic E-state index is 13.3. The van der Waals surface area contributed by atoms with Crippen molar-refractivity contribution in [1.29, 1.82) is 0 Å². The maximum atomic E-state index is 13.3. The molecule has 1 aromatic heterocycles. The van der Waals surface area contributed by atoms with Crippen molar-refractivity contribution < 1.29 is 31.9 Å². The van der Waals surface area contributed by atoms with Gasteiger partial charge < -0.3 is 14.3 Å². The van der Waals surface area contributed by atoms with Crippen LogP contribution >= 0.6 is 0 Å². The van der Waals surface area contributed by atoms with Gasteiger partial charge in [0.1, 0.15) is 28.5 Å². The van der Waals surface area contributed by atoms with E-state index < -0.39 is 27.9 Å². The minimum Gasteiger partial charge on any atom is -0.495 e. The highest BCUT2D eigenvalue weighted by atomic mass is 32.2. The van der Waals surface area contributed by atoms with Crippen molar-refractivity contribution in [2.75, 3.05) is 17.7 Å². The van der Waals surface area contributed by atoms with E-state index in [1.165, 1.54) is 47.8 Å². The third-order valence-corrected chi connectivity index (χ3v) is 5.71. The van der Waals surface area contributed by atoms with Gasteiger partial charge in [0.2, 0.25) is 10.0 Å². The van der Waals surface area contributed by atoms with Crippen LogP contribution in [-0.2, 0) is 10.0 Å². The van der Waals surface area contributed by atoms with E-state index in [-0.39, 0.29) is 33.7 Å². The van der Waals surface area contributed by atoms with Crippen LogP contribution in [0.4, 0.5) is 10.1 Å². The van der Waals surface area contributed by atoms with Crippen molar-refractivity contribution in [3.8, 4) is 17.1 Å². The molecule has 0 unspecified atom stereocenters. The molecule has 0 saturated heterocycles. The summed E-state index contributed by atoms with van der Waals surface area (Å²) >= 11 is 0. The number of carboxylic acid groups (broad SMARTS) is 1. The molecule has 0 fully saturated rings. The van der Waals surface area contributed by atoms with E-state index in [0.29, 0.717) is 5.56 Å². The molecule has 1 N–H and O–H groups in total. The van der Waals surface area contributed by atoms with E-state index in [1.807, 2.05) is 0 Å². The standard InChI is InChI=1S/C20H20FNO6S/c1-11(2)22(29(4,25)26)15-10-16-14(9-17(15)27-3)18(20(23)24)19(28-16)12-5-7-13(21)8-6-12/h5-11H,1-4H3,(H,23,24). The van der Waals surface area contributed by atoms with E-state index in [0.717, 1.165) is 6.26 Å². The number of carboxylic acids is 1. The Balaban J connectivity index is 2.34. The summed E-state index contributed by atoms with van der Waals surface area (Å²) in [6.07, 6.45) is 1.07. The lowest BCUT2D eigenvalue weighted by atomic mass is 10.0. The second kappa shape index (κ2) is 7.40. The Kier molecular flexibility index (Phi) is 5.27. The predicted molar refractivity (Wildman–Crippen MR) is 108 cm³/mol. The summed E-state index contributed by atoms with van der Waals surface area (Å²) in [6, 6.07) is 7.68. The fourth-order valence-electron chi connectivity index (χ4n) is 3.30. The number of hydrogen-bond donors (Lipinski definition) is 1. The molecule has 0 amide bonds. The summed E-state index contributed by atoms with van der Waals surface area (Å²) in [5.74, 6) is -1.47. The van der Waals surface area contributed by atoms with E-state index in [2.05, 4.69) is 0 Å². The molecule has 0 aliphatic rings. The molecule has 1 heterocycles. The molecule has 29 heavy (non-hydrogen) atoms. The van der Waals surface area contributed by atoms with Crippen LogP contribution in [0.5, 0.6) is 5.75 Å². The summed E-state index contributed by atoms with van der Waals surface area (Å²) in [7, 11) is -2.27. The number of carbonyl (C=O) groups is 1. The molecule has 0 aliphatic carbocycles. The quantitative estimate of drug-likeness (QED) is 0.643. The zero-order valence-electron chi connectivity index (χ0n) is 16.3. The maximum Gasteiger partial charge on any atom is 0.340 e. The Hall–Kier alpha value is -3.07. The van der Waals surface area contributed by atoms with Gasteiger partial charge in [-0.1, -0.05) is 0 Å². The Bertz CT molecular complexity index is 1180. The van der Waals surface area contributed by atoms with Crippen LogP contribution in [0.3, 0.4) is 0 Å². The van der Waals surface area contributed by atoms with Crippen LogP contribution in [0.2, 0.25) is 0 Å². The Labute approximate surface area is 167 Å². The number of nitrogens with zero attached hydrogens (tertiary/aromatic N) is 1. The highest BCUT2D eigenvalue weighted by molar-refractivity contribution is 7.92. The van der Waals surface area contributed by atoms with Crippen molar-refractivity contribution >= 4 is 32.6 Å². The van der Waals surface area contributed by atoms with Gasteiger partial charge in [0.15, 0.2) is 0 Å². The van der Waals surface area contributed by atoms with Crippen molar-refractivity contribution in [3.63, 3.8) is 0 Å². The van der Waals surface area contributed by atoms with Gasteiger partial charge in [0.25, 0.3) is 0 Å². The molecule has 0 spiro atoms. The summed E-state index contributed by atoms with van der Waals surface area (Å²) in [5.41, 5.74) is 0.664. The van der Waals surface area contributed by atoms with Gasteiger partial charge in [-0.2, -0.15) is 0 Å².